The minimum Gasteiger partial charge on any atom is -0.379 e. The number of nitrogens with one attached hydrogen (secondary N) is 1. The van der Waals surface area contributed by atoms with E-state index >= 15 is 0 Å². The second-order valence-corrected chi connectivity index (χ2v) is 4.39. The summed E-state index contributed by atoms with van der Waals surface area (Å²) in [6.45, 7) is 8.02. The number of aromatic nitrogens is 2. The Labute approximate surface area is 102 Å². The highest BCUT2D eigenvalue weighted by atomic mass is 15.3. The van der Waals surface area contributed by atoms with Gasteiger partial charge < -0.3 is 5.32 Å². The van der Waals surface area contributed by atoms with Crippen molar-refractivity contribution in [2.45, 2.75) is 33.9 Å². The lowest BCUT2D eigenvalue weighted by Gasteiger charge is -2.07. The number of hydrogen-bond donors (Lipinski definition) is 1. The van der Waals surface area contributed by atoms with E-state index in [9.17, 15) is 0 Å². The summed E-state index contributed by atoms with van der Waals surface area (Å²) in [4.78, 5) is 0. The molecule has 3 heteroatoms. The zero-order valence-corrected chi connectivity index (χ0v) is 10.7. The smallest absolute Gasteiger partial charge is 0.0815 e. The topological polar surface area (TPSA) is 29.9 Å². The molecule has 0 saturated carbocycles. The van der Waals surface area contributed by atoms with Crippen LogP contribution in [0.5, 0.6) is 0 Å². The summed E-state index contributed by atoms with van der Waals surface area (Å²) in [5, 5.41) is 7.85. The van der Waals surface area contributed by atoms with Crippen molar-refractivity contribution in [3.63, 3.8) is 0 Å². The molecule has 0 atom stereocenters. The highest BCUT2D eigenvalue weighted by molar-refractivity contribution is 5.48. The third-order valence-corrected chi connectivity index (χ3v) is 2.72. The quantitative estimate of drug-likeness (QED) is 0.873. The summed E-state index contributed by atoms with van der Waals surface area (Å²) in [5.74, 6) is 0. The van der Waals surface area contributed by atoms with E-state index in [1.165, 1.54) is 11.1 Å². The van der Waals surface area contributed by atoms with Crippen LogP contribution in [0.1, 0.15) is 23.7 Å². The third kappa shape index (κ3) is 3.09. The molecule has 90 valence electrons. The summed E-state index contributed by atoms with van der Waals surface area (Å²) in [5.41, 5.74) is 4.80. The molecule has 1 aromatic carbocycles. The molecule has 0 radical (unpaired) electrons. The molecule has 3 nitrogen and oxygen atoms in total. The van der Waals surface area contributed by atoms with Gasteiger partial charge in [-0.3, -0.25) is 4.68 Å². The van der Waals surface area contributed by atoms with Crippen molar-refractivity contribution in [2.75, 3.05) is 5.32 Å². The molecule has 1 aromatic heterocycles. The van der Waals surface area contributed by atoms with Crippen molar-refractivity contribution in [1.82, 2.24) is 9.78 Å². The second kappa shape index (κ2) is 5.04. The van der Waals surface area contributed by atoms with Gasteiger partial charge in [0.2, 0.25) is 0 Å². The van der Waals surface area contributed by atoms with E-state index in [1.807, 2.05) is 10.9 Å². The predicted molar refractivity (Wildman–Crippen MR) is 71.1 cm³/mol. The van der Waals surface area contributed by atoms with Crippen LogP contribution in [-0.2, 0) is 13.1 Å². The molecule has 2 rings (SSSR count). The van der Waals surface area contributed by atoms with Gasteiger partial charge in [0, 0.05) is 18.4 Å². The number of anilines is 1. The summed E-state index contributed by atoms with van der Waals surface area (Å²) in [7, 11) is 0. The molecule has 0 aliphatic heterocycles. The average molecular weight is 229 g/mol. The molecule has 0 saturated heterocycles. The number of rotatable bonds is 4. The highest BCUT2D eigenvalue weighted by Gasteiger charge is 1.99. The fourth-order valence-electron chi connectivity index (χ4n) is 1.94. The van der Waals surface area contributed by atoms with Crippen molar-refractivity contribution >= 4 is 5.69 Å². The lowest BCUT2D eigenvalue weighted by atomic mass is 10.1. The van der Waals surface area contributed by atoms with Gasteiger partial charge in [-0.1, -0.05) is 6.07 Å². The van der Waals surface area contributed by atoms with E-state index in [1.54, 1.807) is 0 Å². The van der Waals surface area contributed by atoms with Gasteiger partial charge in [0.05, 0.1) is 12.2 Å². The van der Waals surface area contributed by atoms with Crippen molar-refractivity contribution in [1.29, 1.82) is 0 Å². The molecule has 0 unspecified atom stereocenters. The first-order chi connectivity index (χ1) is 8.17. The molecule has 0 aliphatic rings. The minimum atomic E-state index is 0.774. The zero-order valence-electron chi connectivity index (χ0n) is 10.7. The first-order valence-corrected chi connectivity index (χ1v) is 6.02. The van der Waals surface area contributed by atoms with Crippen LogP contribution in [0.3, 0.4) is 0 Å². The van der Waals surface area contributed by atoms with Gasteiger partial charge in [-0.2, -0.15) is 5.10 Å². The van der Waals surface area contributed by atoms with Gasteiger partial charge in [0.15, 0.2) is 0 Å². The van der Waals surface area contributed by atoms with Gasteiger partial charge >= 0.3 is 0 Å². The van der Waals surface area contributed by atoms with Gasteiger partial charge in [-0.25, -0.2) is 0 Å². The lowest BCUT2D eigenvalue weighted by Crippen LogP contribution is -2.02. The third-order valence-electron chi connectivity index (χ3n) is 2.72. The molecular weight excluding hydrogens is 210 g/mol. The number of hydrogen-bond acceptors (Lipinski definition) is 2. The van der Waals surface area contributed by atoms with Crippen LogP contribution >= 0.6 is 0 Å². The monoisotopic (exact) mass is 229 g/mol. The first kappa shape index (κ1) is 11.7. The van der Waals surface area contributed by atoms with E-state index in [2.05, 4.69) is 55.5 Å². The second-order valence-electron chi connectivity index (χ2n) is 4.39. The Hall–Kier alpha value is -1.77. The summed E-state index contributed by atoms with van der Waals surface area (Å²) in [6.07, 6.45) is 2.01. The molecule has 1 heterocycles. The number of aryl methyl sites for hydroxylation is 3. The minimum absolute atomic E-state index is 0.774. The maximum atomic E-state index is 4.44. The van der Waals surface area contributed by atoms with Crippen molar-refractivity contribution in [3.05, 3.63) is 47.3 Å². The Bertz CT molecular complexity index is 480. The van der Waals surface area contributed by atoms with Gasteiger partial charge in [-0.05, 0) is 50.1 Å². The van der Waals surface area contributed by atoms with Crippen LogP contribution in [0.25, 0.3) is 0 Å². The van der Waals surface area contributed by atoms with E-state index in [4.69, 9.17) is 0 Å². The Kier molecular flexibility index (Phi) is 3.47. The molecule has 0 spiro atoms. The molecule has 1 N–H and O–H groups in total. The molecule has 2 aromatic rings. The molecule has 0 amide bonds. The Morgan fingerprint density at radius 1 is 1.18 bits per heavy atom. The normalized spacial score (nSPS) is 10.5. The summed E-state index contributed by atoms with van der Waals surface area (Å²) < 4.78 is 1.94. The van der Waals surface area contributed by atoms with Crippen LogP contribution < -0.4 is 5.32 Å². The standard InChI is InChI=1S/C14H19N3/c1-4-17-6-5-13(16-17)10-15-14-8-11(2)7-12(3)9-14/h5-9,15H,4,10H2,1-3H3. The van der Waals surface area contributed by atoms with Crippen LogP contribution in [0.15, 0.2) is 30.5 Å². The Balaban J connectivity index is 2.01. The van der Waals surface area contributed by atoms with E-state index in [0.29, 0.717) is 0 Å². The van der Waals surface area contributed by atoms with Crippen molar-refractivity contribution in [3.8, 4) is 0 Å². The molecular formula is C14H19N3. The van der Waals surface area contributed by atoms with Gasteiger partial charge in [-0.15, -0.1) is 0 Å². The van der Waals surface area contributed by atoms with Crippen LogP contribution in [-0.4, -0.2) is 9.78 Å². The number of benzene rings is 1. The van der Waals surface area contributed by atoms with Gasteiger partial charge in [0.25, 0.3) is 0 Å². The van der Waals surface area contributed by atoms with Gasteiger partial charge in [0.1, 0.15) is 0 Å². The fourth-order valence-corrected chi connectivity index (χ4v) is 1.94. The molecule has 0 fully saturated rings. The van der Waals surface area contributed by atoms with E-state index < -0.39 is 0 Å². The zero-order chi connectivity index (χ0) is 12.3. The Morgan fingerprint density at radius 2 is 1.88 bits per heavy atom. The largest absolute Gasteiger partial charge is 0.379 e. The highest BCUT2D eigenvalue weighted by Crippen LogP contribution is 2.14. The lowest BCUT2D eigenvalue weighted by molar-refractivity contribution is 0.649. The first-order valence-electron chi connectivity index (χ1n) is 6.02. The van der Waals surface area contributed by atoms with E-state index in [0.717, 1.165) is 24.5 Å². The van der Waals surface area contributed by atoms with Crippen LogP contribution in [0.2, 0.25) is 0 Å². The average Bonchev–Trinajstić information content (AvgIpc) is 2.73. The number of nitrogens with zero attached hydrogens (tertiary/aromatic N) is 2. The SMILES string of the molecule is CCn1ccc(CNc2cc(C)cc(C)c2)n1. The fraction of sp³-hybridized carbons (Fsp3) is 0.357. The molecule has 0 bridgehead atoms. The molecule has 17 heavy (non-hydrogen) atoms. The Morgan fingerprint density at radius 3 is 2.47 bits per heavy atom. The summed E-state index contributed by atoms with van der Waals surface area (Å²) >= 11 is 0. The predicted octanol–water partition coefficient (Wildman–Crippen LogP) is 3.13. The van der Waals surface area contributed by atoms with E-state index in [-0.39, 0.29) is 0 Å². The van der Waals surface area contributed by atoms with Crippen molar-refractivity contribution in [2.24, 2.45) is 0 Å². The van der Waals surface area contributed by atoms with Crippen molar-refractivity contribution < 1.29 is 0 Å². The summed E-state index contributed by atoms with van der Waals surface area (Å²) in [6, 6.07) is 8.55. The van der Waals surface area contributed by atoms with Crippen LogP contribution in [0.4, 0.5) is 5.69 Å². The maximum absolute atomic E-state index is 4.44. The van der Waals surface area contributed by atoms with Crippen LogP contribution in [0, 0.1) is 13.8 Å². The molecule has 0 aliphatic carbocycles. The maximum Gasteiger partial charge on any atom is 0.0815 e.